The molecular weight excluding hydrogens is 344 g/mol. The molecule has 0 unspecified atom stereocenters. The molecule has 0 saturated heterocycles. The maximum Gasteiger partial charge on any atom is 0.175 e. The van der Waals surface area contributed by atoms with E-state index in [0.717, 1.165) is 27.7 Å². The van der Waals surface area contributed by atoms with Crippen molar-refractivity contribution < 1.29 is 0 Å². The largest absolute Gasteiger partial charge is 0.330 e. The zero-order valence-electron chi connectivity index (χ0n) is 13.3. The Balaban J connectivity index is 1.62. The van der Waals surface area contributed by atoms with Crippen LogP contribution in [0.4, 0.5) is 11.4 Å². The predicted octanol–water partition coefficient (Wildman–Crippen LogP) is 3.44. The molecule has 0 aliphatic carbocycles. The van der Waals surface area contributed by atoms with Crippen molar-refractivity contribution in [3.63, 3.8) is 0 Å². The molecule has 2 N–H and O–H groups in total. The van der Waals surface area contributed by atoms with Gasteiger partial charge in [0.05, 0.1) is 29.8 Å². The zero-order chi connectivity index (χ0) is 17.1. The Morgan fingerprint density at radius 2 is 2.04 bits per heavy atom. The lowest BCUT2D eigenvalue weighted by atomic mass is 10.2. The van der Waals surface area contributed by atoms with Crippen molar-refractivity contribution in [1.29, 1.82) is 0 Å². The number of nitrogens with zero attached hydrogens (tertiary/aromatic N) is 4. The van der Waals surface area contributed by atoms with E-state index in [0.29, 0.717) is 11.7 Å². The minimum Gasteiger partial charge on any atom is -0.330 e. The fourth-order valence-electron chi connectivity index (χ4n) is 2.32. The molecular formula is C16H17ClN6S. The second kappa shape index (κ2) is 7.02. The SMILES string of the molecule is Cc1nn(C)cc1NC(=S)Nc1cnn(Cc2ccccc2Cl)c1. The molecule has 0 radical (unpaired) electrons. The van der Waals surface area contributed by atoms with Gasteiger partial charge < -0.3 is 10.6 Å². The Morgan fingerprint density at radius 3 is 2.75 bits per heavy atom. The standard InChI is InChI=1S/C16H17ClN6S/c1-11-15(10-22(2)21-11)20-16(24)19-13-7-18-23(9-13)8-12-5-3-4-6-14(12)17/h3-7,9-10H,8H2,1-2H3,(H2,19,20,24). The van der Waals surface area contributed by atoms with Gasteiger partial charge in [0.2, 0.25) is 0 Å². The van der Waals surface area contributed by atoms with Crippen LogP contribution in [-0.4, -0.2) is 24.7 Å². The Morgan fingerprint density at radius 1 is 1.25 bits per heavy atom. The van der Waals surface area contributed by atoms with Gasteiger partial charge in [-0.3, -0.25) is 9.36 Å². The van der Waals surface area contributed by atoms with Gasteiger partial charge in [-0.05, 0) is 30.8 Å². The molecule has 0 amide bonds. The molecule has 24 heavy (non-hydrogen) atoms. The number of thiocarbonyl (C=S) groups is 1. The topological polar surface area (TPSA) is 59.7 Å². The van der Waals surface area contributed by atoms with Gasteiger partial charge in [-0.2, -0.15) is 10.2 Å². The Bertz CT molecular complexity index is 869. The summed E-state index contributed by atoms with van der Waals surface area (Å²) < 4.78 is 3.55. The Hall–Kier alpha value is -2.38. The molecule has 3 rings (SSSR count). The van der Waals surface area contributed by atoms with Crippen molar-refractivity contribution in [3.8, 4) is 0 Å². The molecule has 124 valence electrons. The fraction of sp³-hybridized carbons (Fsp3) is 0.188. The van der Waals surface area contributed by atoms with Crippen LogP contribution < -0.4 is 10.6 Å². The summed E-state index contributed by atoms with van der Waals surface area (Å²) in [5.41, 5.74) is 3.58. The number of halogens is 1. The van der Waals surface area contributed by atoms with E-state index in [4.69, 9.17) is 23.8 Å². The average Bonchev–Trinajstić information content (AvgIpc) is 3.08. The van der Waals surface area contributed by atoms with Gasteiger partial charge >= 0.3 is 0 Å². The summed E-state index contributed by atoms with van der Waals surface area (Å²) in [5, 5.41) is 16.1. The normalized spacial score (nSPS) is 10.6. The first kappa shape index (κ1) is 16.5. The number of benzene rings is 1. The average molecular weight is 361 g/mol. The third-order valence-electron chi connectivity index (χ3n) is 3.44. The van der Waals surface area contributed by atoms with Crippen LogP contribution in [0.2, 0.25) is 5.02 Å². The van der Waals surface area contributed by atoms with E-state index in [9.17, 15) is 0 Å². The summed E-state index contributed by atoms with van der Waals surface area (Å²) in [6, 6.07) is 7.72. The van der Waals surface area contributed by atoms with E-state index in [1.54, 1.807) is 10.9 Å². The monoisotopic (exact) mass is 360 g/mol. The number of aryl methyl sites for hydroxylation is 2. The van der Waals surface area contributed by atoms with Gasteiger partial charge in [-0.1, -0.05) is 29.8 Å². The Labute approximate surface area is 150 Å². The fourth-order valence-corrected chi connectivity index (χ4v) is 2.75. The lowest BCUT2D eigenvalue weighted by Crippen LogP contribution is -2.19. The third-order valence-corrected chi connectivity index (χ3v) is 4.02. The Kier molecular flexibility index (Phi) is 4.82. The van der Waals surface area contributed by atoms with Crippen molar-refractivity contribution in [2.75, 3.05) is 10.6 Å². The van der Waals surface area contributed by atoms with Gasteiger partial charge in [0.25, 0.3) is 0 Å². The molecule has 1 aromatic carbocycles. The highest BCUT2D eigenvalue weighted by Crippen LogP contribution is 2.17. The summed E-state index contributed by atoms with van der Waals surface area (Å²) >= 11 is 11.5. The number of hydrogen-bond donors (Lipinski definition) is 2. The smallest absolute Gasteiger partial charge is 0.175 e. The maximum atomic E-state index is 6.18. The summed E-state index contributed by atoms with van der Waals surface area (Å²) in [6.07, 6.45) is 5.48. The molecule has 0 aliphatic heterocycles. The van der Waals surface area contributed by atoms with E-state index < -0.39 is 0 Å². The van der Waals surface area contributed by atoms with Crippen LogP contribution in [0.5, 0.6) is 0 Å². The number of rotatable bonds is 4. The van der Waals surface area contributed by atoms with Crippen molar-refractivity contribution >= 4 is 40.3 Å². The van der Waals surface area contributed by atoms with E-state index >= 15 is 0 Å². The van der Waals surface area contributed by atoms with Gasteiger partial charge in [0.1, 0.15) is 0 Å². The van der Waals surface area contributed by atoms with E-state index in [1.165, 1.54) is 0 Å². The number of hydrogen-bond acceptors (Lipinski definition) is 3. The summed E-state index contributed by atoms with van der Waals surface area (Å²) in [5.74, 6) is 0. The second-order valence-electron chi connectivity index (χ2n) is 5.40. The lowest BCUT2D eigenvalue weighted by Gasteiger charge is -2.07. The van der Waals surface area contributed by atoms with Crippen molar-refractivity contribution in [2.24, 2.45) is 7.05 Å². The molecule has 2 aromatic heterocycles. The number of nitrogens with one attached hydrogen (secondary N) is 2. The van der Waals surface area contributed by atoms with Crippen molar-refractivity contribution in [2.45, 2.75) is 13.5 Å². The van der Waals surface area contributed by atoms with E-state index in [-0.39, 0.29) is 0 Å². The van der Waals surface area contributed by atoms with Crippen LogP contribution in [0.15, 0.2) is 42.9 Å². The summed E-state index contributed by atoms with van der Waals surface area (Å²) in [4.78, 5) is 0. The molecule has 6 nitrogen and oxygen atoms in total. The van der Waals surface area contributed by atoms with Crippen LogP contribution in [0.1, 0.15) is 11.3 Å². The number of anilines is 2. The second-order valence-corrected chi connectivity index (χ2v) is 6.21. The highest BCUT2D eigenvalue weighted by atomic mass is 35.5. The molecule has 2 heterocycles. The van der Waals surface area contributed by atoms with Gasteiger partial charge in [0.15, 0.2) is 5.11 Å². The molecule has 8 heteroatoms. The summed E-state index contributed by atoms with van der Waals surface area (Å²) in [6.45, 7) is 2.52. The molecule has 0 fully saturated rings. The van der Waals surface area contributed by atoms with Crippen molar-refractivity contribution in [1.82, 2.24) is 19.6 Å². The minimum absolute atomic E-state index is 0.489. The van der Waals surface area contributed by atoms with E-state index in [2.05, 4.69) is 20.8 Å². The van der Waals surface area contributed by atoms with Gasteiger partial charge in [0, 0.05) is 24.5 Å². The molecule has 0 atom stereocenters. The maximum absolute atomic E-state index is 6.18. The highest BCUT2D eigenvalue weighted by molar-refractivity contribution is 7.80. The first-order valence-corrected chi connectivity index (χ1v) is 8.14. The predicted molar refractivity (Wildman–Crippen MR) is 101 cm³/mol. The zero-order valence-corrected chi connectivity index (χ0v) is 14.9. The number of aromatic nitrogens is 4. The quantitative estimate of drug-likeness (QED) is 0.698. The van der Waals surface area contributed by atoms with Gasteiger partial charge in [-0.15, -0.1) is 0 Å². The van der Waals surface area contributed by atoms with E-state index in [1.807, 2.05) is 55.3 Å². The van der Waals surface area contributed by atoms with Crippen molar-refractivity contribution in [3.05, 3.63) is 59.1 Å². The van der Waals surface area contributed by atoms with Crippen LogP contribution in [0.25, 0.3) is 0 Å². The van der Waals surface area contributed by atoms with Crippen LogP contribution in [0.3, 0.4) is 0 Å². The molecule has 0 bridgehead atoms. The first-order chi connectivity index (χ1) is 11.5. The van der Waals surface area contributed by atoms with Crippen LogP contribution in [-0.2, 0) is 13.6 Å². The highest BCUT2D eigenvalue weighted by Gasteiger charge is 2.07. The third kappa shape index (κ3) is 3.93. The molecule has 0 spiro atoms. The minimum atomic E-state index is 0.489. The molecule has 0 aliphatic rings. The first-order valence-electron chi connectivity index (χ1n) is 7.35. The van der Waals surface area contributed by atoms with Crippen LogP contribution in [0, 0.1) is 6.92 Å². The summed E-state index contributed by atoms with van der Waals surface area (Å²) in [7, 11) is 1.87. The lowest BCUT2D eigenvalue weighted by molar-refractivity contribution is 0.687. The van der Waals surface area contributed by atoms with Crippen LogP contribution >= 0.6 is 23.8 Å². The van der Waals surface area contributed by atoms with Gasteiger partial charge in [-0.25, -0.2) is 0 Å². The molecule has 0 saturated carbocycles. The molecule has 3 aromatic rings.